The maximum absolute atomic E-state index is 12.6. The van der Waals surface area contributed by atoms with Crippen LogP contribution in [0.3, 0.4) is 0 Å². The summed E-state index contributed by atoms with van der Waals surface area (Å²) in [5.41, 5.74) is 1.15. The molecule has 2 fully saturated rings. The summed E-state index contributed by atoms with van der Waals surface area (Å²) in [5.74, 6) is 2.26. The maximum Gasteiger partial charge on any atom is 0.262 e. The summed E-state index contributed by atoms with van der Waals surface area (Å²) in [7, 11) is 0. The lowest BCUT2D eigenvalue weighted by molar-refractivity contribution is -0.120. The number of piperidine rings is 1. The number of carbonyl (C=O) groups excluding carboxylic acids is 1. The van der Waals surface area contributed by atoms with Gasteiger partial charge in [0, 0.05) is 12.1 Å². The van der Waals surface area contributed by atoms with E-state index >= 15 is 0 Å². The van der Waals surface area contributed by atoms with Crippen molar-refractivity contribution in [3.63, 3.8) is 0 Å². The summed E-state index contributed by atoms with van der Waals surface area (Å²) in [6.07, 6.45) is 12.6. The van der Waals surface area contributed by atoms with E-state index in [-0.39, 0.29) is 24.5 Å². The molecule has 0 aromatic heterocycles. The van der Waals surface area contributed by atoms with Gasteiger partial charge in [0.15, 0.2) is 0 Å². The molecule has 0 radical (unpaired) electrons. The topological polar surface area (TPSA) is 61.7 Å². The molecule has 4 nitrogen and oxygen atoms in total. The standard InChI is InChI=1S/C25H38N2O2/c1-19-7-9-20(10-8-19)11-12-22-13-14-26-24(16-22)25(29)27-17-23(18-28)15-21-5-3-2-4-6-21/h2-6,17,19-20,22-24,26,28H,7-16,18H2,1H3/b27-17+/t19?,20?,22-,23?,24?/m0/s1. The molecule has 1 aromatic carbocycles. The molecule has 3 rings (SSSR count). The lowest BCUT2D eigenvalue weighted by Gasteiger charge is -2.31. The number of aliphatic hydroxyl groups is 1. The van der Waals surface area contributed by atoms with Crippen LogP contribution in [0.5, 0.6) is 0 Å². The molecule has 2 unspecified atom stereocenters. The molecule has 0 spiro atoms. The molecule has 29 heavy (non-hydrogen) atoms. The van der Waals surface area contributed by atoms with Gasteiger partial charge >= 0.3 is 0 Å². The molecule has 2 N–H and O–H groups in total. The Morgan fingerprint density at radius 2 is 1.86 bits per heavy atom. The largest absolute Gasteiger partial charge is 0.396 e. The maximum atomic E-state index is 12.6. The fourth-order valence-corrected chi connectivity index (χ4v) is 4.89. The minimum Gasteiger partial charge on any atom is -0.396 e. The zero-order chi connectivity index (χ0) is 20.5. The van der Waals surface area contributed by atoms with Gasteiger partial charge in [-0.3, -0.25) is 4.79 Å². The van der Waals surface area contributed by atoms with E-state index in [0.717, 1.165) is 30.4 Å². The monoisotopic (exact) mass is 398 g/mol. The molecule has 1 saturated carbocycles. The Morgan fingerprint density at radius 3 is 2.59 bits per heavy atom. The molecular formula is C25H38N2O2. The van der Waals surface area contributed by atoms with Crippen LogP contribution in [-0.4, -0.2) is 36.4 Å². The molecular weight excluding hydrogens is 360 g/mol. The number of hydrogen-bond donors (Lipinski definition) is 2. The van der Waals surface area contributed by atoms with E-state index in [1.165, 1.54) is 44.9 Å². The average molecular weight is 399 g/mol. The molecule has 2 aliphatic rings. The highest BCUT2D eigenvalue weighted by molar-refractivity contribution is 5.89. The van der Waals surface area contributed by atoms with Gasteiger partial charge in [-0.05, 0) is 49.1 Å². The summed E-state index contributed by atoms with van der Waals surface area (Å²) in [6, 6.07) is 9.89. The van der Waals surface area contributed by atoms with Crippen molar-refractivity contribution in [1.82, 2.24) is 5.32 Å². The fraction of sp³-hybridized carbons (Fsp3) is 0.680. The van der Waals surface area contributed by atoms with Crippen molar-refractivity contribution in [2.45, 2.75) is 70.8 Å². The average Bonchev–Trinajstić information content (AvgIpc) is 2.77. The Balaban J connectivity index is 1.44. The summed E-state index contributed by atoms with van der Waals surface area (Å²) >= 11 is 0. The third-order valence-electron chi connectivity index (χ3n) is 6.92. The first-order valence-corrected chi connectivity index (χ1v) is 11.6. The van der Waals surface area contributed by atoms with Crippen LogP contribution < -0.4 is 5.32 Å². The normalized spacial score (nSPS) is 29.0. The Morgan fingerprint density at radius 1 is 1.14 bits per heavy atom. The Kier molecular flexibility index (Phi) is 8.88. The second-order valence-corrected chi connectivity index (χ2v) is 9.35. The number of hydrogen-bond acceptors (Lipinski definition) is 3. The number of amides is 1. The zero-order valence-corrected chi connectivity index (χ0v) is 17.9. The van der Waals surface area contributed by atoms with Crippen molar-refractivity contribution >= 4 is 12.1 Å². The molecule has 4 heteroatoms. The van der Waals surface area contributed by atoms with Crippen LogP contribution >= 0.6 is 0 Å². The molecule has 0 bridgehead atoms. The van der Waals surface area contributed by atoms with Gasteiger partial charge in [-0.25, -0.2) is 4.99 Å². The van der Waals surface area contributed by atoms with Crippen molar-refractivity contribution in [2.24, 2.45) is 28.7 Å². The summed E-state index contributed by atoms with van der Waals surface area (Å²) in [6.45, 7) is 3.29. The highest BCUT2D eigenvalue weighted by Crippen LogP contribution is 2.33. The smallest absolute Gasteiger partial charge is 0.262 e. The molecule has 1 heterocycles. The van der Waals surface area contributed by atoms with Gasteiger partial charge in [-0.2, -0.15) is 0 Å². The summed E-state index contributed by atoms with van der Waals surface area (Å²) < 4.78 is 0. The highest BCUT2D eigenvalue weighted by atomic mass is 16.3. The second kappa shape index (κ2) is 11.6. The predicted molar refractivity (Wildman–Crippen MR) is 119 cm³/mol. The minimum absolute atomic E-state index is 0.00635. The fourth-order valence-electron chi connectivity index (χ4n) is 4.89. The lowest BCUT2D eigenvalue weighted by atomic mass is 9.78. The second-order valence-electron chi connectivity index (χ2n) is 9.35. The molecule has 3 atom stereocenters. The Hall–Kier alpha value is -1.52. The van der Waals surface area contributed by atoms with E-state index in [0.29, 0.717) is 12.3 Å². The van der Waals surface area contributed by atoms with Gasteiger partial charge in [0.2, 0.25) is 0 Å². The van der Waals surface area contributed by atoms with Crippen LogP contribution in [0.2, 0.25) is 0 Å². The van der Waals surface area contributed by atoms with Crippen LogP contribution in [0.25, 0.3) is 0 Å². The third kappa shape index (κ3) is 7.35. The molecule has 1 amide bonds. The van der Waals surface area contributed by atoms with Gasteiger partial charge in [0.05, 0.1) is 12.6 Å². The van der Waals surface area contributed by atoms with Gasteiger partial charge in [0.1, 0.15) is 0 Å². The van der Waals surface area contributed by atoms with Gasteiger partial charge < -0.3 is 10.4 Å². The van der Waals surface area contributed by atoms with Crippen molar-refractivity contribution < 1.29 is 9.90 Å². The number of nitrogens with one attached hydrogen (secondary N) is 1. The van der Waals surface area contributed by atoms with Gasteiger partial charge in [-0.1, -0.05) is 75.8 Å². The molecule has 1 aromatic rings. The summed E-state index contributed by atoms with van der Waals surface area (Å²) in [4.78, 5) is 16.8. The van der Waals surface area contributed by atoms with E-state index in [2.05, 4.69) is 17.2 Å². The van der Waals surface area contributed by atoms with Crippen LogP contribution in [-0.2, 0) is 11.2 Å². The van der Waals surface area contributed by atoms with Gasteiger partial charge in [0.25, 0.3) is 5.91 Å². The molecule has 1 saturated heterocycles. The van der Waals surface area contributed by atoms with E-state index in [4.69, 9.17) is 0 Å². The number of aliphatic hydroxyl groups excluding tert-OH is 1. The quantitative estimate of drug-likeness (QED) is 0.638. The van der Waals surface area contributed by atoms with E-state index in [1.54, 1.807) is 6.21 Å². The lowest BCUT2D eigenvalue weighted by Crippen LogP contribution is -2.43. The third-order valence-corrected chi connectivity index (χ3v) is 6.92. The Labute approximate surface area is 176 Å². The van der Waals surface area contributed by atoms with E-state index < -0.39 is 0 Å². The predicted octanol–water partition coefficient (Wildman–Crippen LogP) is 4.41. The highest BCUT2D eigenvalue weighted by Gasteiger charge is 2.27. The SMILES string of the molecule is CC1CCC(CC[C@H]2CCNC(C(=O)/N=C/C(CO)Cc3ccccc3)C2)CC1. The summed E-state index contributed by atoms with van der Waals surface area (Å²) in [5, 5.41) is 13.0. The number of aliphatic imine (C=N–C) groups is 1. The van der Waals surface area contributed by atoms with Crippen molar-refractivity contribution in [1.29, 1.82) is 0 Å². The first-order chi connectivity index (χ1) is 14.1. The Bertz CT molecular complexity index is 637. The molecule has 1 aliphatic carbocycles. The minimum atomic E-state index is -0.160. The van der Waals surface area contributed by atoms with Crippen molar-refractivity contribution in [3.8, 4) is 0 Å². The first kappa shape index (κ1) is 22.2. The van der Waals surface area contributed by atoms with Crippen molar-refractivity contribution in [3.05, 3.63) is 35.9 Å². The van der Waals surface area contributed by atoms with E-state index in [1.807, 2.05) is 30.3 Å². The molecule has 1 aliphatic heterocycles. The number of rotatable bonds is 8. The van der Waals surface area contributed by atoms with Gasteiger partial charge in [-0.15, -0.1) is 0 Å². The van der Waals surface area contributed by atoms with Crippen LogP contribution in [0.15, 0.2) is 35.3 Å². The van der Waals surface area contributed by atoms with Crippen molar-refractivity contribution in [2.75, 3.05) is 13.2 Å². The van der Waals surface area contributed by atoms with Crippen LogP contribution in [0, 0.1) is 23.7 Å². The van der Waals surface area contributed by atoms with E-state index in [9.17, 15) is 9.90 Å². The van der Waals surface area contributed by atoms with Crippen LogP contribution in [0.4, 0.5) is 0 Å². The van der Waals surface area contributed by atoms with Crippen LogP contribution in [0.1, 0.15) is 63.9 Å². The number of carbonyl (C=O) groups is 1. The molecule has 160 valence electrons. The number of nitrogens with zero attached hydrogens (tertiary/aromatic N) is 1. The first-order valence-electron chi connectivity index (χ1n) is 11.6. The number of benzene rings is 1. The zero-order valence-electron chi connectivity index (χ0n) is 17.9.